The van der Waals surface area contributed by atoms with Crippen molar-refractivity contribution in [3.05, 3.63) is 40.5 Å². The molecule has 0 amide bonds. The van der Waals surface area contributed by atoms with Crippen LogP contribution in [0.3, 0.4) is 0 Å². The maximum Gasteiger partial charge on any atom is 0.163 e. The highest BCUT2D eigenvalue weighted by Gasteiger charge is 2.26. The Morgan fingerprint density at radius 3 is 1.58 bits per heavy atom. The second kappa shape index (κ2) is 6.44. The molecule has 0 atom stereocenters. The zero-order chi connectivity index (χ0) is 22.6. The van der Waals surface area contributed by atoms with Gasteiger partial charge in [-0.1, -0.05) is 68.4 Å². The van der Waals surface area contributed by atoms with Gasteiger partial charge in [-0.3, -0.25) is 0 Å². The molecule has 1 aromatic carbocycles. The smallest absolute Gasteiger partial charge is 0.163 e. The van der Waals surface area contributed by atoms with E-state index in [4.69, 9.17) is 19.1 Å². The molecule has 0 saturated carbocycles. The van der Waals surface area contributed by atoms with Crippen molar-refractivity contribution in [2.75, 3.05) is 0 Å². The van der Waals surface area contributed by atoms with Gasteiger partial charge >= 0.3 is 0 Å². The van der Waals surface area contributed by atoms with Crippen LogP contribution < -0.4 is 0 Å². The number of aryl methyl sites for hydroxylation is 2. The minimum Gasteiger partial charge on any atom is -0.217 e. The fourth-order valence-corrected chi connectivity index (χ4v) is 2.87. The van der Waals surface area contributed by atoms with Gasteiger partial charge in [0.05, 0.1) is 0 Å². The minimum absolute atomic E-state index is 0.126. The monoisotopic (exact) mass is 356 g/mol. The Balaban J connectivity index is 2.95. The number of hydrogen-bond acceptors (Lipinski definition) is 3. The summed E-state index contributed by atoms with van der Waals surface area (Å²) in [5.41, 5.74) is 2.22. The molecule has 0 unspecified atom stereocenters. The molecule has 0 radical (unpaired) electrons. The third-order valence-electron chi connectivity index (χ3n) is 4.39. The molecular formula is C23H35N3. The third-order valence-corrected chi connectivity index (χ3v) is 4.39. The molecule has 2 rings (SSSR count). The van der Waals surface area contributed by atoms with E-state index in [-0.39, 0.29) is 21.8 Å². The lowest BCUT2D eigenvalue weighted by molar-refractivity contribution is 0.497. The van der Waals surface area contributed by atoms with Crippen LogP contribution in [0.1, 0.15) is 94.8 Å². The average Bonchev–Trinajstić information content (AvgIpc) is 2.50. The van der Waals surface area contributed by atoms with Crippen molar-refractivity contribution in [3.63, 3.8) is 0 Å². The van der Waals surface area contributed by atoms with Gasteiger partial charge in [-0.15, -0.1) is 0 Å². The first kappa shape index (κ1) is 16.4. The van der Waals surface area contributed by atoms with Crippen LogP contribution in [0.25, 0.3) is 11.4 Å². The quantitative estimate of drug-likeness (QED) is 0.624. The zero-order valence-corrected chi connectivity index (χ0v) is 18.0. The second-order valence-corrected chi connectivity index (χ2v) is 10.3. The Bertz CT molecular complexity index is 877. The summed E-state index contributed by atoms with van der Waals surface area (Å²) >= 11 is 0. The van der Waals surface area contributed by atoms with Crippen LogP contribution in [-0.4, -0.2) is 15.0 Å². The summed E-state index contributed by atoms with van der Waals surface area (Å²) in [6.07, 6.45) is 0. The largest absolute Gasteiger partial charge is 0.217 e. The summed E-state index contributed by atoms with van der Waals surface area (Å²) in [7, 11) is 0. The first-order valence-electron chi connectivity index (χ1n) is 10.7. The Morgan fingerprint density at radius 1 is 0.692 bits per heavy atom. The van der Waals surface area contributed by atoms with Crippen molar-refractivity contribution in [2.24, 2.45) is 0 Å². The van der Waals surface area contributed by atoms with Crippen LogP contribution in [0.5, 0.6) is 0 Å². The van der Waals surface area contributed by atoms with Gasteiger partial charge in [0.15, 0.2) is 5.82 Å². The van der Waals surface area contributed by atoms with E-state index in [9.17, 15) is 0 Å². The van der Waals surface area contributed by atoms with E-state index in [2.05, 4.69) is 62.3 Å². The van der Waals surface area contributed by atoms with Gasteiger partial charge in [0.2, 0.25) is 0 Å². The molecule has 0 saturated heterocycles. The Morgan fingerprint density at radius 2 is 1.19 bits per heavy atom. The van der Waals surface area contributed by atoms with Crippen LogP contribution in [0.2, 0.25) is 0 Å². The van der Waals surface area contributed by atoms with Gasteiger partial charge < -0.3 is 0 Å². The second-order valence-electron chi connectivity index (χ2n) is 10.3. The first-order valence-corrected chi connectivity index (χ1v) is 9.25. The highest BCUT2D eigenvalue weighted by molar-refractivity contribution is 5.63. The number of benzene rings is 1. The van der Waals surface area contributed by atoms with Gasteiger partial charge in [0.25, 0.3) is 0 Å². The van der Waals surface area contributed by atoms with E-state index in [0.717, 1.165) is 11.1 Å². The van der Waals surface area contributed by atoms with Gasteiger partial charge in [0.1, 0.15) is 11.6 Å². The average molecular weight is 357 g/mol. The van der Waals surface area contributed by atoms with E-state index >= 15 is 0 Å². The van der Waals surface area contributed by atoms with Crippen LogP contribution in [-0.2, 0) is 16.2 Å². The molecular weight excluding hydrogens is 318 g/mol. The maximum absolute atomic E-state index is 8.10. The van der Waals surface area contributed by atoms with Crippen LogP contribution in [0.4, 0.5) is 0 Å². The molecule has 0 spiro atoms. The number of nitrogens with zero attached hydrogens (tertiary/aromatic N) is 3. The van der Waals surface area contributed by atoms with E-state index in [1.165, 1.54) is 0 Å². The van der Waals surface area contributed by atoms with E-state index in [1.807, 2.05) is 13.0 Å². The fourth-order valence-electron chi connectivity index (χ4n) is 2.87. The van der Waals surface area contributed by atoms with Gasteiger partial charge in [-0.25, -0.2) is 15.0 Å². The zero-order valence-electron chi connectivity index (χ0n) is 21.0. The Hall–Kier alpha value is -1.77. The Kier molecular flexibility index (Phi) is 4.06. The summed E-state index contributed by atoms with van der Waals surface area (Å²) < 4.78 is 24.3. The summed E-state index contributed by atoms with van der Waals surface area (Å²) in [6, 6.07) is 3.74. The predicted octanol–water partition coefficient (Wildman–Crippen LogP) is 6.05. The molecule has 3 heteroatoms. The molecule has 0 fully saturated rings. The van der Waals surface area contributed by atoms with E-state index < -0.39 is 6.85 Å². The maximum atomic E-state index is 8.10. The molecule has 0 aliphatic rings. The molecule has 3 nitrogen and oxygen atoms in total. The highest BCUT2D eigenvalue weighted by atomic mass is 15.1. The molecule has 1 heterocycles. The van der Waals surface area contributed by atoms with E-state index in [1.54, 1.807) is 6.07 Å². The lowest BCUT2D eigenvalue weighted by Gasteiger charge is -2.25. The standard InChI is InChI=1S/C23H35N3/c1-14-12-15(2)17(21(3,4)5)13-16(14)18-24-19(22(6,7)8)26-20(25-18)23(9,10)11/h12-13H,1-11H3/i1D3. The fraction of sp³-hybridized carbons (Fsp3) is 0.609. The summed E-state index contributed by atoms with van der Waals surface area (Å²) in [5, 5.41) is 0. The van der Waals surface area contributed by atoms with Crippen molar-refractivity contribution < 1.29 is 4.11 Å². The van der Waals surface area contributed by atoms with Crippen molar-refractivity contribution in [1.29, 1.82) is 0 Å². The van der Waals surface area contributed by atoms with Crippen molar-refractivity contribution in [3.8, 4) is 11.4 Å². The van der Waals surface area contributed by atoms with Gasteiger partial charge in [0, 0.05) is 20.5 Å². The molecule has 0 aliphatic heterocycles. The summed E-state index contributed by atoms with van der Waals surface area (Å²) in [4.78, 5) is 14.2. The lowest BCUT2D eigenvalue weighted by atomic mass is 9.82. The first-order chi connectivity index (χ1) is 12.8. The molecule has 2 aromatic rings. The lowest BCUT2D eigenvalue weighted by Crippen LogP contribution is -2.24. The van der Waals surface area contributed by atoms with Crippen LogP contribution in [0.15, 0.2) is 12.1 Å². The summed E-state index contributed by atoms with van der Waals surface area (Å²) in [5.74, 6) is 1.77. The summed E-state index contributed by atoms with van der Waals surface area (Å²) in [6.45, 7) is 18.4. The number of aromatic nitrogens is 3. The van der Waals surface area contributed by atoms with Crippen molar-refractivity contribution in [2.45, 2.75) is 92.3 Å². The highest BCUT2D eigenvalue weighted by Crippen LogP contribution is 2.33. The molecule has 26 heavy (non-hydrogen) atoms. The molecule has 0 aliphatic carbocycles. The van der Waals surface area contributed by atoms with Gasteiger partial charge in [-0.05, 0) is 41.9 Å². The topological polar surface area (TPSA) is 38.7 Å². The SMILES string of the molecule is [2H]C([2H])([2H])c1cc(C)c(C(C)(C)C)cc1-c1nc(C(C)(C)C)nc(C(C)(C)C)n1. The number of hydrogen-bond donors (Lipinski definition) is 0. The van der Waals surface area contributed by atoms with Gasteiger partial charge in [-0.2, -0.15) is 0 Å². The minimum atomic E-state index is -2.26. The van der Waals surface area contributed by atoms with Crippen molar-refractivity contribution in [1.82, 2.24) is 15.0 Å². The predicted molar refractivity (Wildman–Crippen MR) is 111 cm³/mol. The molecule has 142 valence electrons. The number of rotatable bonds is 1. The van der Waals surface area contributed by atoms with Crippen LogP contribution >= 0.6 is 0 Å². The molecule has 0 bridgehead atoms. The molecule has 1 aromatic heterocycles. The van der Waals surface area contributed by atoms with Crippen molar-refractivity contribution >= 4 is 0 Å². The molecule has 0 N–H and O–H groups in total. The van der Waals surface area contributed by atoms with Crippen LogP contribution in [0, 0.1) is 13.8 Å². The third kappa shape index (κ3) is 4.31. The van der Waals surface area contributed by atoms with E-state index in [0.29, 0.717) is 23.0 Å². The normalized spacial score (nSPS) is 15.4. The Labute approximate surface area is 163 Å².